The van der Waals surface area contributed by atoms with Crippen molar-refractivity contribution >= 4 is 11.8 Å². The van der Waals surface area contributed by atoms with E-state index in [0.717, 1.165) is 4.90 Å². The lowest BCUT2D eigenvalue weighted by atomic mass is 10.5. The third-order valence-corrected chi connectivity index (χ3v) is 1.31. The molecule has 0 aromatic rings. The van der Waals surface area contributed by atoms with E-state index in [1.54, 1.807) is 6.92 Å². The van der Waals surface area contributed by atoms with Crippen molar-refractivity contribution in [3.8, 4) is 11.8 Å². The first kappa shape index (κ1) is 7.55. The van der Waals surface area contributed by atoms with Crippen LogP contribution in [0.3, 0.4) is 0 Å². The molecule has 0 aromatic heterocycles. The molecule has 2 amide bonds. The van der Waals surface area contributed by atoms with Crippen LogP contribution in [-0.2, 0) is 9.59 Å². The highest BCUT2D eigenvalue weighted by Crippen LogP contribution is 2.01. The van der Waals surface area contributed by atoms with Gasteiger partial charge in [-0.05, 0) is 6.92 Å². The fourth-order valence-electron chi connectivity index (χ4n) is 0.745. The number of amides is 2. The van der Waals surface area contributed by atoms with E-state index in [2.05, 4.69) is 11.8 Å². The Bertz CT molecular complexity index is 262. The molecule has 0 saturated heterocycles. The van der Waals surface area contributed by atoms with Crippen molar-refractivity contribution in [2.75, 3.05) is 6.54 Å². The molecule has 3 heteroatoms. The van der Waals surface area contributed by atoms with Crippen LogP contribution in [0.2, 0.25) is 0 Å². The number of rotatable bonds is 1. The van der Waals surface area contributed by atoms with E-state index in [9.17, 15) is 9.59 Å². The predicted octanol–water partition coefficient (Wildman–Crippen LogP) is -0.0653. The zero-order valence-corrected chi connectivity index (χ0v) is 6.13. The van der Waals surface area contributed by atoms with Crippen molar-refractivity contribution in [1.82, 2.24) is 4.90 Å². The molecule has 0 aliphatic carbocycles. The molecule has 0 aromatic carbocycles. The molecule has 1 heterocycles. The lowest BCUT2D eigenvalue weighted by molar-refractivity contribution is -0.135. The van der Waals surface area contributed by atoms with Gasteiger partial charge in [0.25, 0.3) is 11.8 Å². The molecule has 0 spiro atoms. The van der Waals surface area contributed by atoms with Gasteiger partial charge in [0.2, 0.25) is 0 Å². The summed E-state index contributed by atoms with van der Waals surface area (Å²) in [6.07, 6.45) is 2.50. The van der Waals surface area contributed by atoms with Gasteiger partial charge in [0.1, 0.15) is 0 Å². The van der Waals surface area contributed by atoms with Gasteiger partial charge in [0, 0.05) is 12.2 Å². The molecular weight excluding hydrogens is 142 g/mol. The maximum atomic E-state index is 10.8. The van der Waals surface area contributed by atoms with Crippen LogP contribution in [0.25, 0.3) is 0 Å². The van der Waals surface area contributed by atoms with Gasteiger partial charge in [-0.1, -0.05) is 5.92 Å². The van der Waals surface area contributed by atoms with E-state index in [1.807, 2.05) is 0 Å². The largest absolute Gasteiger partial charge is 0.269 e. The van der Waals surface area contributed by atoms with Gasteiger partial charge < -0.3 is 0 Å². The third kappa shape index (κ3) is 1.47. The zero-order valence-electron chi connectivity index (χ0n) is 6.13. The average Bonchev–Trinajstić information content (AvgIpc) is 2.29. The Morgan fingerprint density at radius 3 is 2.36 bits per heavy atom. The molecule has 0 radical (unpaired) electrons. The van der Waals surface area contributed by atoms with Crippen molar-refractivity contribution in [3.05, 3.63) is 12.2 Å². The summed E-state index contributed by atoms with van der Waals surface area (Å²) in [5, 5.41) is 0. The van der Waals surface area contributed by atoms with Crippen LogP contribution >= 0.6 is 0 Å². The molecular formula is C8H7NO2. The van der Waals surface area contributed by atoms with Crippen LogP contribution in [0.4, 0.5) is 0 Å². The van der Waals surface area contributed by atoms with Gasteiger partial charge in [-0.25, -0.2) is 0 Å². The molecule has 0 atom stereocenters. The molecule has 0 unspecified atom stereocenters. The normalized spacial score (nSPS) is 15.2. The van der Waals surface area contributed by atoms with Crippen LogP contribution in [0.15, 0.2) is 12.2 Å². The monoisotopic (exact) mass is 149 g/mol. The van der Waals surface area contributed by atoms with Crippen LogP contribution < -0.4 is 0 Å². The number of imide groups is 1. The Morgan fingerprint density at radius 2 is 1.91 bits per heavy atom. The second-order valence-corrected chi connectivity index (χ2v) is 2.02. The van der Waals surface area contributed by atoms with Crippen molar-refractivity contribution in [2.24, 2.45) is 0 Å². The van der Waals surface area contributed by atoms with E-state index in [0.29, 0.717) is 0 Å². The van der Waals surface area contributed by atoms with E-state index in [4.69, 9.17) is 0 Å². The van der Waals surface area contributed by atoms with Gasteiger partial charge in [0.15, 0.2) is 0 Å². The summed E-state index contributed by atoms with van der Waals surface area (Å²) in [6.45, 7) is 1.86. The standard InChI is InChI=1S/C8H7NO2/c1-2-3-6-9-7(10)4-5-8(9)11/h4-5H,6H2,1H3. The molecule has 1 rings (SSSR count). The third-order valence-electron chi connectivity index (χ3n) is 1.31. The SMILES string of the molecule is CC#CCN1C(=O)C=CC1=O. The molecule has 0 bridgehead atoms. The second-order valence-electron chi connectivity index (χ2n) is 2.02. The van der Waals surface area contributed by atoms with Crippen molar-refractivity contribution in [1.29, 1.82) is 0 Å². The molecule has 0 N–H and O–H groups in total. The Balaban J connectivity index is 2.64. The topological polar surface area (TPSA) is 37.4 Å². The predicted molar refractivity (Wildman–Crippen MR) is 39.3 cm³/mol. The van der Waals surface area contributed by atoms with Gasteiger partial charge in [-0.15, -0.1) is 5.92 Å². The summed E-state index contributed by atoms with van der Waals surface area (Å²) in [6, 6.07) is 0. The summed E-state index contributed by atoms with van der Waals surface area (Å²) in [7, 11) is 0. The van der Waals surface area contributed by atoms with Crippen LogP contribution in [0.5, 0.6) is 0 Å². The molecule has 0 saturated carbocycles. The quantitative estimate of drug-likeness (QED) is 0.386. The molecule has 11 heavy (non-hydrogen) atoms. The first-order valence-corrected chi connectivity index (χ1v) is 3.19. The van der Waals surface area contributed by atoms with Gasteiger partial charge in [-0.2, -0.15) is 0 Å². The van der Waals surface area contributed by atoms with Crippen molar-refractivity contribution < 1.29 is 9.59 Å². The minimum Gasteiger partial charge on any atom is -0.269 e. The van der Waals surface area contributed by atoms with E-state index in [1.165, 1.54) is 12.2 Å². The molecule has 3 nitrogen and oxygen atoms in total. The molecule has 0 fully saturated rings. The highest BCUT2D eigenvalue weighted by molar-refractivity contribution is 6.13. The van der Waals surface area contributed by atoms with Crippen LogP contribution in [0, 0.1) is 11.8 Å². The summed E-state index contributed by atoms with van der Waals surface area (Å²) < 4.78 is 0. The lowest BCUT2D eigenvalue weighted by Gasteiger charge is -2.07. The first-order valence-electron chi connectivity index (χ1n) is 3.19. The Hall–Kier alpha value is -1.56. The minimum atomic E-state index is -0.280. The van der Waals surface area contributed by atoms with Crippen molar-refractivity contribution in [2.45, 2.75) is 6.92 Å². The second kappa shape index (κ2) is 3.02. The van der Waals surface area contributed by atoms with Crippen molar-refractivity contribution in [3.63, 3.8) is 0 Å². The first-order chi connectivity index (χ1) is 5.25. The van der Waals surface area contributed by atoms with E-state index < -0.39 is 0 Å². The molecule has 1 aliphatic heterocycles. The number of hydrogen-bond acceptors (Lipinski definition) is 2. The summed E-state index contributed by atoms with van der Waals surface area (Å²) >= 11 is 0. The maximum absolute atomic E-state index is 10.8. The number of hydrogen-bond donors (Lipinski definition) is 0. The fourth-order valence-corrected chi connectivity index (χ4v) is 0.745. The van der Waals surface area contributed by atoms with Gasteiger partial charge >= 0.3 is 0 Å². The number of carbonyl (C=O) groups excluding carboxylic acids is 2. The number of nitrogens with zero attached hydrogens (tertiary/aromatic N) is 1. The number of carbonyl (C=O) groups is 2. The molecule has 56 valence electrons. The van der Waals surface area contributed by atoms with Crippen LogP contribution in [0.1, 0.15) is 6.92 Å². The van der Waals surface area contributed by atoms with E-state index in [-0.39, 0.29) is 18.4 Å². The molecule has 1 aliphatic rings. The fraction of sp³-hybridized carbons (Fsp3) is 0.250. The Kier molecular flexibility index (Phi) is 2.07. The zero-order chi connectivity index (χ0) is 8.27. The highest BCUT2D eigenvalue weighted by atomic mass is 16.2. The summed E-state index contributed by atoms with van der Waals surface area (Å²) in [4.78, 5) is 22.8. The lowest BCUT2D eigenvalue weighted by Crippen LogP contribution is -2.30. The minimum absolute atomic E-state index is 0.196. The van der Waals surface area contributed by atoms with Crippen LogP contribution in [-0.4, -0.2) is 23.3 Å². The smallest absolute Gasteiger partial charge is 0.254 e. The Labute approximate surface area is 64.7 Å². The van der Waals surface area contributed by atoms with E-state index >= 15 is 0 Å². The average molecular weight is 149 g/mol. The highest BCUT2D eigenvalue weighted by Gasteiger charge is 2.21. The summed E-state index contributed by atoms with van der Waals surface area (Å²) in [5.41, 5.74) is 0. The summed E-state index contributed by atoms with van der Waals surface area (Å²) in [5.74, 6) is 4.70. The van der Waals surface area contributed by atoms with Gasteiger partial charge in [-0.3, -0.25) is 14.5 Å². The Morgan fingerprint density at radius 1 is 1.36 bits per heavy atom. The maximum Gasteiger partial charge on any atom is 0.254 e. The van der Waals surface area contributed by atoms with Gasteiger partial charge in [0.05, 0.1) is 6.54 Å².